The monoisotopic (exact) mass is 380 g/mol. The van der Waals surface area contributed by atoms with Crippen LogP contribution >= 0.6 is 0 Å². The Kier molecular flexibility index (Phi) is 6.35. The summed E-state index contributed by atoms with van der Waals surface area (Å²) >= 11 is 0. The van der Waals surface area contributed by atoms with E-state index in [9.17, 15) is 4.79 Å². The second-order valence-corrected chi connectivity index (χ2v) is 5.64. The molecule has 2 aromatic carbocycles. The van der Waals surface area contributed by atoms with Crippen molar-refractivity contribution in [2.45, 2.75) is 13.5 Å². The normalized spacial score (nSPS) is 10.8. The molecule has 0 fully saturated rings. The van der Waals surface area contributed by atoms with Gasteiger partial charge in [0.25, 0.3) is 0 Å². The molecule has 144 valence electrons. The van der Waals surface area contributed by atoms with Crippen LogP contribution in [-0.4, -0.2) is 40.8 Å². The summed E-state index contributed by atoms with van der Waals surface area (Å²) in [6.07, 6.45) is 4.56. The number of nitrogens with zero attached hydrogens (tertiary/aromatic N) is 4. The summed E-state index contributed by atoms with van der Waals surface area (Å²) in [6.45, 7) is 2.28. The highest BCUT2D eigenvalue weighted by atomic mass is 16.5. The molecule has 0 spiro atoms. The van der Waals surface area contributed by atoms with Gasteiger partial charge in [0, 0.05) is 5.56 Å². The van der Waals surface area contributed by atoms with Gasteiger partial charge in [-0.25, -0.2) is 9.78 Å². The SMILES string of the molecule is CCOC(=O)c1ccccc1OCc1cc(/C=N/n2cncn2)ccc1OC. The predicted octanol–water partition coefficient (Wildman–Crippen LogP) is 2.92. The Balaban J connectivity index is 1.78. The second kappa shape index (κ2) is 9.31. The van der Waals surface area contributed by atoms with Crippen LogP contribution in [0.2, 0.25) is 0 Å². The zero-order chi connectivity index (χ0) is 19.8. The summed E-state index contributed by atoms with van der Waals surface area (Å²) in [7, 11) is 1.59. The second-order valence-electron chi connectivity index (χ2n) is 5.64. The van der Waals surface area contributed by atoms with Crippen LogP contribution in [0.3, 0.4) is 0 Å². The number of carbonyl (C=O) groups excluding carboxylic acids is 1. The van der Waals surface area contributed by atoms with Gasteiger partial charge in [0.15, 0.2) is 0 Å². The minimum absolute atomic E-state index is 0.213. The van der Waals surface area contributed by atoms with Crippen molar-refractivity contribution in [1.82, 2.24) is 14.9 Å². The molecule has 0 bridgehead atoms. The lowest BCUT2D eigenvalue weighted by Gasteiger charge is -2.13. The van der Waals surface area contributed by atoms with E-state index < -0.39 is 5.97 Å². The van der Waals surface area contributed by atoms with Crippen LogP contribution < -0.4 is 9.47 Å². The molecule has 28 heavy (non-hydrogen) atoms. The lowest BCUT2D eigenvalue weighted by atomic mass is 10.1. The third-order valence-corrected chi connectivity index (χ3v) is 3.80. The van der Waals surface area contributed by atoms with Gasteiger partial charge in [-0.2, -0.15) is 5.10 Å². The van der Waals surface area contributed by atoms with Crippen molar-refractivity contribution in [2.75, 3.05) is 13.7 Å². The molecule has 8 heteroatoms. The van der Waals surface area contributed by atoms with Gasteiger partial charge in [-0.05, 0) is 42.8 Å². The minimum Gasteiger partial charge on any atom is -0.496 e. The van der Waals surface area contributed by atoms with E-state index in [0.717, 1.165) is 11.1 Å². The number of para-hydroxylation sites is 1. The molecule has 0 aliphatic rings. The van der Waals surface area contributed by atoms with Crippen LogP contribution in [0, 0.1) is 0 Å². The maximum atomic E-state index is 12.1. The summed E-state index contributed by atoms with van der Waals surface area (Å²) < 4.78 is 16.4. The first-order chi connectivity index (χ1) is 13.7. The first-order valence-electron chi connectivity index (χ1n) is 8.66. The van der Waals surface area contributed by atoms with E-state index in [2.05, 4.69) is 15.2 Å². The molecule has 0 unspecified atom stereocenters. The Bertz CT molecular complexity index is 955. The Morgan fingerprint density at radius 3 is 2.82 bits per heavy atom. The van der Waals surface area contributed by atoms with E-state index in [1.165, 1.54) is 17.4 Å². The smallest absolute Gasteiger partial charge is 0.341 e. The lowest BCUT2D eigenvalue weighted by molar-refractivity contribution is 0.0521. The predicted molar refractivity (Wildman–Crippen MR) is 103 cm³/mol. The Morgan fingerprint density at radius 2 is 2.07 bits per heavy atom. The van der Waals surface area contributed by atoms with Crippen molar-refractivity contribution in [1.29, 1.82) is 0 Å². The molecule has 1 aromatic heterocycles. The van der Waals surface area contributed by atoms with Gasteiger partial charge in [0.1, 0.15) is 36.3 Å². The molecule has 0 amide bonds. The molecular weight excluding hydrogens is 360 g/mol. The summed E-state index contributed by atoms with van der Waals surface area (Å²) in [4.78, 5) is 17.3. The van der Waals surface area contributed by atoms with Crippen molar-refractivity contribution in [3.05, 3.63) is 71.8 Å². The number of rotatable bonds is 8. The van der Waals surface area contributed by atoms with Crippen LogP contribution in [0.1, 0.15) is 28.4 Å². The Labute approximate surface area is 162 Å². The molecule has 1 heterocycles. The number of carbonyl (C=O) groups is 1. The highest BCUT2D eigenvalue weighted by Gasteiger charge is 2.14. The molecule has 0 N–H and O–H groups in total. The fourth-order valence-electron chi connectivity index (χ4n) is 2.50. The standard InChI is InChI=1S/C20H20N4O4/c1-3-27-20(25)17-6-4-5-7-19(17)28-12-16-10-15(8-9-18(16)26-2)11-22-24-14-21-13-23-24/h4-11,13-14H,3,12H2,1-2H3/b22-11+. The third-order valence-electron chi connectivity index (χ3n) is 3.80. The zero-order valence-electron chi connectivity index (χ0n) is 15.6. The highest BCUT2D eigenvalue weighted by molar-refractivity contribution is 5.92. The molecule has 0 radical (unpaired) electrons. The largest absolute Gasteiger partial charge is 0.496 e. The van der Waals surface area contributed by atoms with Gasteiger partial charge in [-0.3, -0.25) is 0 Å². The summed E-state index contributed by atoms with van der Waals surface area (Å²) in [5, 5.41) is 8.10. The maximum absolute atomic E-state index is 12.1. The molecular formula is C20H20N4O4. The molecule has 3 aromatic rings. The first-order valence-corrected chi connectivity index (χ1v) is 8.66. The fraction of sp³-hybridized carbons (Fsp3) is 0.200. The average molecular weight is 380 g/mol. The molecule has 3 rings (SSSR count). The fourth-order valence-corrected chi connectivity index (χ4v) is 2.50. The summed E-state index contributed by atoms with van der Waals surface area (Å²) in [5.74, 6) is 0.704. The topological polar surface area (TPSA) is 87.8 Å². The quantitative estimate of drug-likeness (QED) is 0.441. The number of ether oxygens (including phenoxy) is 3. The van der Waals surface area contributed by atoms with E-state index in [-0.39, 0.29) is 6.61 Å². The van der Waals surface area contributed by atoms with Gasteiger partial charge in [0.05, 0.1) is 19.9 Å². The molecule has 0 aliphatic heterocycles. The van der Waals surface area contributed by atoms with Crippen LogP contribution in [0.25, 0.3) is 0 Å². The number of benzene rings is 2. The van der Waals surface area contributed by atoms with Gasteiger partial charge < -0.3 is 14.2 Å². The number of hydrogen-bond acceptors (Lipinski definition) is 7. The van der Waals surface area contributed by atoms with Crippen LogP contribution in [0.5, 0.6) is 11.5 Å². The van der Waals surface area contributed by atoms with Gasteiger partial charge in [-0.15, -0.1) is 9.89 Å². The number of esters is 1. The van der Waals surface area contributed by atoms with E-state index in [1.807, 2.05) is 18.2 Å². The average Bonchev–Trinajstić information content (AvgIpc) is 3.25. The Hall–Kier alpha value is -3.68. The van der Waals surface area contributed by atoms with E-state index in [1.54, 1.807) is 44.5 Å². The maximum Gasteiger partial charge on any atom is 0.341 e. The third kappa shape index (κ3) is 4.73. The highest BCUT2D eigenvalue weighted by Crippen LogP contribution is 2.24. The lowest BCUT2D eigenvalue weighted by Crippen LogP contribution is -2.08. The van der Waals surface area contributed by atoms with Crippen LogP contribution in [0.15, 0.2) is 60.2 Å². The summed E-state index contributed by atoms with van der Waals surface area (Å²) in [6, 6.07) is 12.6. The van der Waals surface area contributed by atoms with Crippen molar-refractivity contribution < 1.29 is 19.0 Å². The van der Waals surface area contributed by atoms with E-state index >= 15 is 0 Å². The molecule has 8 nitrogen and oxygen atoms in total. The van der Waals surface area contributed by atoms with E-state index in [4.69, 9.17) is 14.2 Å². The van der Waals surface area contributed by atoms with Crippen molar-refractivity contribution >= 4 is 12.2 Å². The minimum atomic E-state index is -0.418. The van der Waals surface area contributed by atoms with Crippen LogP contribution in [0.4, 0.5) is 0 Å². The van der Waals surface area contributed by atoms with E-state index in [0.29, 0.717) is 23.7 Å². The first kappa shape index (κ1) is 19.1. The molecule has 0 saturated carbocycles. The molecule has 0 saturated heterocycles. The van der Waals surface area contributed by atoms with Crippen molar-refractivity contribution in [2.24, 2.45) is 5.10 Å². The number of aromatic nitrogens is 3. The summed E-state index contributed by atoms with van der Waals surface area (Å²) in [5.41, 5.74) is 2.03. The Morgan fingerprint density at radius 1 is 1.21 bits per heavy atom. The van der Waals surface area contributed by atoms with Crippen LogP contribution in [-0.2, 0) is 11.3 Å². The zero-order valence-corrected chi connectivity index (χ0v) is 15.6. The number of methoxy groups -OCH3 is 1. The van der Waals surface area contributed by atoms with Gasteiger partial charge in [-0.1, -0.05) is 12.1 Å². The molecule has 0 atom stereocenters. The van der Waals surface area contributed by atoms with Gasteiger partial charge >= 0.3 is 5.97 Å². The number of hydrogen-bond donors (Lipinski definition) is 0. The van der Waals surface area contributed by atoms with Crippen molar-refractivity contribution in [3.63, 3.8) is 0 Å². The molecule has 0 aliphatic carbocycles. The van der Waals surface area contributed by atoms with Gasteiger partial charge in [0.2, 0.25) is 0 Å². The van der Waals surface area contributed by atoms with Crippen molar-refractivity contribution in [3.8, 4) is 11.5 Å².